The van der Waals surface area contributed by atoms with Crippen molar-refractivity contribution in [2.45, 2.75) is 50.4 Å². The van der Waals surface area contributed by atoms with Gasteiger partial charge in [0.2, 0.25) is 0 Å². The van der Waals surface area contributed by atoms with Crippen molar-refractivity contribution in [3.8, 4) is 0 Å². The minimum absolute atomic E-state index is 0.106. The first-order valence-corrected chi connectivity index (χ1v) is 12.1. The van der Waals surface area contributed by atoms with Crippen LogP contribution in [-0.2, 0) is 19.4 Å². The van der Waals surface area contributed by atoms with Crippen molar-refractivity contribution < 1.29 is 5.11 Å². The number of aromatic nitrogens is 4. The molecule has 0 saturated carbocycles. The summed E-state index contributed by atoms with van der Waals surface area (Å²) in [5, 5.41) is 14.4. The Labute approximate surface area is 198 Å². The van der Waals surface area contributed by atoms with Crippen LogP contribution in [0, 0.1) is 0 Å². The Hall–Kier alpha value is -3.48. The van der Waals surface area contributed by atoms with Crippen LogP contribution >= 0.6 is 0 Å². The van der Waals surface area contributed by atoms with Crippen molar-refractivity contribution in [1.29, 1.82) is 0 Å². The molecule has 3 aromatic carbocycles. The molecule has 34 heavy (non-hydrogen) atoms. The average molecular weight is 452 g/mol. The molecule has 0 amide bonds. The minimum Gasteiger partial charge on any atom is -0.387 e. The monoisotopic (exact) mass is 451 g/mol. The minimum atomic E-state index is -0.462. The molecule has 3 heterocycles. The molecule has 172 valence electrons. The third-order valence-electron chi connectivity index (χ3n) is 6.99. The van der Waals surface area contributed by atoms with Gasteiger partial charge in [-0.15, -0.1) is 0 Å². The van der Waals surface area contributed by atoms with Crippen LogP contribution in [0.2, 0.25) is 0 Å². The molecule has 3 N–H and O–H groups in total. The zero-order valence-corrected chi connectivity index (χ0v) is 19.1. The van der Waals surface area contributed by atoms with Crippen LogP contribution in [0.1, 0.15) is 35.9 Å². The molecule has 0 radical (unpaired) electrons. The fourth-order valence-electron chi connectivity index (χ4n) is 5.20. The van der Waals surface area contributed by atoms with E-state index in [-0.39, 0.29) is 6.04 Å². The quantitative estimate of drug-likeness (QED) is 0.339. The lowest BCUT2D eigenvalue weighted by Gasteiger charge is -2.20. The Morgan fingerprint density at radius 2 is 1.82 bits per heavy atom. The number of fused-ring (bicyclic) bond motifs is 2. The van der Waals surface area contributed by atoms with Crippen molar-refractivity contribution in [3.05, 3.63) is 96.1 Å². The van der Waals surface area contributed by atoms with Gasteiger partial charge in [-0.05, 0) is 54.7 Å². The maximum atomic E-state index is 10.7. The van der Waals surface area contributed by atoms with E-state index in [4.69, 9.17) is 4.98 Å². The predicted molar refractivity (Wildman–Crippen MR) is 135 cm³/mol. The first-order chi connectivity index (χ1) is 16.7. The molecule has 0 spiro atoms. The fourth-order valence-corrected chi connectivity index (χ4v) is 5.20. The molecule has 1 aliphatic heterocycles. The Bertz CT molecular complexity index is 1410. The number of para-hydroxylation sites is 2. The number of nitrogens with one attached hydrogen (secondary N) is 2. The Kier molecular flexibility index (Phi) is 5.61. The number of H-pyrrole nitrogens is 1. The summed E-state index contributed by atoms with van der Waals surface area (Å²) in [7, 11) is 0. The van der Waals surface area contributed by atoms with E-state index in [1.54, 1.807) is 0 Å². The molecule has 1 fully saturated rings. The first-order valence-electron chi connectivity index (χ1n) is 12.1. The maximum absolute atomic E-state index is 10.7. The van der Waals surface area contributed by atoms with E-state index in [2.05, 4.69) is 44.1 Å². The van der Waals surface area contributed by atoms with Crippen LogP contribution in [-0.4, -0.2) is 36.7 Å². The van der Waals surface area contributed by atoms with E-state index >= 15 is 0 Å². The number of aryl methyl sites for hydroxylation is 2. The summed E-state index contributed by atoms with van der Waals surface area (Å²) in [6.07, 6.45) is 5.27. The van der Waals surface area contributed by atoms with E-state index < -0.39 is 6.10 Å². The average Bonchev–Trinajstić information content (AvgIpc) is 3.61. The Morgan fingerprint density at radius 1 is 0.971 bits per heavy atom. The lowest BCUT2D eigenvalue weighted by Crippen LogP contribution is -2.35. The largest absolute Gasteiger partial charge is 0.387 e. The number of rotatable bonds is 7. The molecular weight excluding hydrogens is 422 g/mol. The lowest BCUT2D eigenvalue weighted by atomic mass is 10.0. The fraction of sp³-hybridized carbons (Fsp3) is 0.286. The van der Waals surface area contributed by atoms with E-state index in [0.29, 0.717) is 6.04 Å². The van der Waals surface area contributed by atoms with Gasteiger partial charge in [-0.1, -0.05) is 48.5 Å². The van der Waals surface area contributed by atoms with Gasteiger partial charge < -0.3 is 20.0 Å². The summed E-state index contributed by atoms with van der Waals surface area (Å²) in [6.45, 7) is 0.838. The molecule has 6 rings (SSSR count). The van der Waals surface area contributed by atoms with Crippen LogP contribution in [0.3, 0.4) is 0 Å². The smallest absolute Gasteiger partial charge is 0.109 e. The predicted octanol–water partition coefficient (Wildman–Crippen LogP) is 4.55. The van der Waals surface area contributed by atoms with Gasteiger partial charge in [0.15, 0.2) is 0 Å². The molecule has 1 saturated heterocycles. The number of imidazole rings is 2. The summed E-state index contributed by atoms with van der Waals surface area (Å²) < 4.78 is 2.18. The second kappa shape index (κ2) is 9.05. The zero-order valence-electron chi connectivity index (χ0n) is 19.1. The Morgan fingerprint density at radius 3 is 2.74 bits per heavy atom. The first kappa shape index (κ1) is 21.1. The number of benzene rings is 3. The van der Waals surface area contributed by atoms with Crippen molar-refractivity contribution >= 4 is 22.1 Å². The van der Waals surface area contributed by atoms with Crippen LogP contribution in [0.25, 0.3) is 22.1 Å². The molecule has 6 heteroatoms. The van der Waals surface area contributed by atoms with Crippen molar-refractivity contribution in [2.24, 2.45) is 0 Å². The summed E-state index contributed by atoms with van der Waals surface area (Å²) in [5.41, 5.74) is 6.54. The SMILES string of the molecule is O[C@H](c1ccccc1)[C@H]1CC[C@@H](Cc2ccc3nc(CCn4cnc5ccccc54)[nH]c3c2)N1. The third kappa shape index (κ3) is 4.22. The molecule has 3 atom stereocenters. The number of hydrogen-bond donors (Lipinski definition) is 3. The summed E-state index contributed by atoms with van der Waals surface area (Å²) in [4.78, 5) is 12.8. The molecule has 0 unspecified atom stereocenters. The molecular formula is C28H29N5O. The maximum Gasteiger partial charge on any atom is 0.109 e. The van der Waals surface area contributed by atoms with Crippen LogP contribution in [0.5, 0.6) is 0 Å². The number of aliphatic hydroxyl groups is 1. The van der Waals surface area contributed by atoms with Crippen LogP contribution < -0.4 is 5.32 Å². The van der Waals surface area contributed by atoms with Gasteiger partial charge in [0.1, 0.15) is 5.82 Å². The lowest BCUT2D eigenvalue weighted by molar-refractivity contribution is 0.135. The number of aromatic amines is 1. The highest BCUT2D eigenvalue weighted by atomic mass is 16.3. The zero-order chi connectivity index (χ0) is 22.9. The normalized spacial score (nSPS) is 19.2. The van der Waals surface area contributed by atoms with Gasteiger partial charge in [0.05, 0.1) is 34.5 Å². The van der Waals surface area contributed by atoms with Gasteiger partial charge in [-0.25, -0.2) is 9.97 Å². The van der Waals surface area contributed by atoms with Gasteiger partial charge >= 0.3 is 0 Å². The number of aliphatic hydroxyl groups excluding tert-OH is 1. The van der Waals surface area contributed by atoms with Crippen molar-refractivity contribution in [2.75, 3.05) is 0 Å². The van der Waals surface area contributed by atoms with Gasteiger partial charge in [0.25, 0.3) is 0 Å². The topological polar surface area (TPSA) is 78.8 Å². The van der Waals surface area contributed by atoms with Crippen molar-refractivity contribution in [3.63, 3.8) is 0 Å². The van der Waals surface area contributed by atoms with Crippen LogP contribution in [0.4, 0.5) is 0 Å². The van der Waals surface area contributed by atoms with Crippen LogP contribution in [0.15, 0.2) is 79.1 Å². The number of nitrogens with zero attached hydrogens (tertiary/aromatic N) is 3. The molecule has 0 aliphatic carbocycles. The third-order valence-corrected chi connectivity index (χ3v) is 6.99. The second-order valence-corrected chi connectivity index (χ2v) is 9.32. The summed E-state index contributed by atoms with van der Waals surface area (Å²) in [6, 6.07) is 25.2. The highest BCUT2D eigenvalue weighted by Crippen LogP contribution is 2.27. The van der Waals surface area contributed by atoms with Crippen molar-refractivity contribution in [1.82, 2.24) is 24.8 Å². The number of hydrogen-bond acceptors (Lipinski definition) is 4. The molecule has 2 aromatic heterocycles. The van der Waals surface area contributed by atoms with Gasteiger partial charge in [0, 0.05) is 25.0 Å². The van der Waals surface area contributed by atoms with E-state index in [1.807, 2.05) is 54.9 Å². The molecule has 6 nitrogen and oxygen atoms in total. The highest BCUT2D eigenvalue weighted by Gasteiger charge is 2.29. The van der Waals surface area contributed by atoms with Gasteiger partial charge in [-0.2, -0.15) is 0 Å². The standard InChI is InChI=1S/C28H29N5O/c34-28(20-6-2-1-3-7-20)24-13-11-21(30-24)16-19-10-12-22-25(17-19)32-27(31-22)14-15-33-18-29-23-8-4-5-9-26(23)33/h1-10,12,17-18,21,24,28,30,34H,11,13-16H2,(H,31,32)/t21-,24+,28+/m0/s1. The molecule has 5 aromatic rings. The van der Waals surface area contributed by atoms with E-state index in [9.17, 15) is 5.11 Å². The molecule has 0 bridgehead atoms. The van der Waals surface area contributed by atoms with E-state index in [0.717, 1.165) is 65.7 Å². The molecule has 1 aliphatic rings. The Balaban J connectivity index is 1.10. The summed E-state index contributed by atoms with van der Waals surface area (Å²) >= 11 is 0. The van der Waals surface area contributed by atoms with Gasteiger partial charge in [-0.3, -0.25) is 0 Å². The summed E-state index contributed by atoms with van der Waals surface area (Å²) in [5.74, 6) is 0.995. The van der Waals surface area contributed by atoms with E-state index in [1.165, 1.54) is 5.56 Å². The highest BCUT2D eigenvalue weighted by molar-refractivity contribution is 5.76. The second-order valence-electron chi connectivity index (χ2n) is 9.32.